The van der Waals surface area contributed by atoms with Crippen molar-refractivity contribution in [2.24, 2.45) is 0 Å². The third kappa shape index (κ3) is 3.52. The normalized spacial score (nSPS) is 16.5. The van der Waals surface area contributed by atoms with Crippen LogP contribution in [0.3, 0.4) is 0 Å². The quantitative estimate of drug-likeness (QED) is 0.628. The zero-order valence-corrected chi connectivity index (χ0v) is 18.3. The van der Waals surface area contributed by atoms with Gasteiger partial charge in [-0.05, 0) is 63.5 Å². The van der Waals surface area contributed by atoms with Crippen molar-refractivity contribution in [3.63, 3.8) is 0 Å². The van der Waals surface area contributed by atoms with Gasteiger partial charge >= 0.3 is 0 Å². The number of fused-ring (bicyclic) bond motifs is 1. The molecule has 0 aliphatic carbocycles. The predicted octanol–water partition coefficient (Wildman–Crippen LogP) is 3.45. The Morgan fingerprint density at radius 3 is 2.67 bits per heavy atom. The number of unbranched alkanes of at least 4 members (excludes halogenated alkanes) is 1. The highest BCUT2D eigenvalue weighted by Crippen LogP contribution is 2.34. The summed E-state index contributed by atoms with van der Waals surface area (Å²) in [6.07, 6.45) is 7.74. The van der Waals surface area contributed by atoms with Gasteiger partial charge in [-0.3, -0.25) is 4.98 Å². The standard InChI is InChI=1S/C23H29N7/c1-5-6-7-19-16(2)20(14-24)22-26-21(17-8-11-25-12-9-17)27-30(22)23(19)29-13-10-18(15-29)28(3)4/h8-9,11-12,18H,5-7,10,13,15H2,1-4H3/t18-/m0/s1. The summed E-state index contributed by atoms with van der Waals surface area (Å²) < 4.78 is 1.92. The highest BCUT2D eigenvalue weighted by molar-refractivity contribution is 5.71. The molecule has 0 aromatic carbocycles. The molecule has 0 unspecified atom stereocenters. The van der Waals surface area contributed by atoms with Gasteiger partial charge in [0.25, 0.3) is 0 Å². The molecule has 7 nitrogen and oxygen atoms in total. The topological polar surface area (TPSA) is 73.3 Å². The summed E-state index contributed by atoms with van der Waals surface area (Å²) in [4.78, 5) is 13.6. The van der Waals surface area contributed by atoms with E-state index in [4.69, 9.17) is 10.1 Å². The van der Waals surface area contributed by atoms with Gasteiger partial charge in [-0.15, -0.1) is 5.10 Å². The van der Waals surface area contributed by atoms with Crippen LogP contribution in [0.5, 0.6) is 0 Å². The van der Waals surface area contributed by atoms with Crippen LogP contribution in [0.2, 0.25) is 0 Å². The lowest BCUT2D eigenvalue weighted by Crippen LogP contribution is -2.32. The van der Waals surface area contributed by atoms with Crippen LogP contribution >= 0.6 is 0 Å². The molecule has 1 aliphatic heterocycles. The van der Waals surface area contributed by atoms with Crippen molar-refractivity contribution in [3.8, 4) is 17.5 Å². The predicted molar refractivity (Wildman–Crippen MR) is 119 cm³/mol. The second-order valence-corrected chi connectivity index (χ2v) is 8.28. The molecule has 1 atom stereocenters. The largest absolute Gasteiger partial charge is 0.355 e. The highest BCUT2D eigenvalue weighted by atomic mass is 15.4. The molecular weight excluding hydrogens is 374 g/mol. The maximum absolute atomic E-state index is 9.96. The molecule has 3 aromatic heterocycles. The second kappa shape index (κ2) is 8.41. The maximum Gasteiger partial charge on any atom is 0.182 e. The number of pyridine rings is 2. The maximum atomic E-state index is 9.96. The van der Waals surface area contributed by atoms with E-state index in [-0.39, 0.29) is 0 Å². The Morgan fingerprint density at radius 2 is 2.03 bits per heavy atom. The van der Waals surface area contributed by atoms with E-state index in [1.165, 1.54) is 5.56 Å². The zero-order chi connectivity index (χ0) is 21.3. The van der Waals surface area contributed by atoms with Crippen molar-refractivity contribution in [1.29, 1.82) is 5.26 Å². The highest BCUT2D eigenvalue weighted by Gasteiger charge is 2.30. The minimum Gasteiger partial charge on any atom is -0.355 e. The third-order valence-electron chi connectivity index (χ3n) is 6.15. The van der Waals surface area contributed by atoms with Gasteiger partial charge in [0.05, 0.1) is 0 Å². The van der Waals surface area contributed by atoms with Gasteiger partial charge in [0, 0.05) is 37.1 Å². The molecule has 156 valence electrons. The van der Waals surface area contributed by atoms with Gasteiger partial charge in [-0.2, -0.15) is 9.78 Å². The lowest BCUT2D eigenvalue weighted by molar-refractivity contribution is 0.315. The van der Waals surface area contributed by atoms with E-state index >= 15 is 0 Å². The minimum atomic E-state index is 0.512. The molecule has 1 aliphatic rings. The van der Waals surface area contributed by atoms with Gasteiger partial charge in [0.15, 0.2) is 11.5 Å². The summed E-state index contributed by atoms with van der Waals surface area (Å²) >= 11 is 0. The Kier molecular flexibility index (Phi) is 5.69. The van der Waals surface area contributed by atoms with Crippen LogP contribution in [-0.4, -0.2) is 57.7 Å². The Balaban J connectivity index is 1.94. The summed E-state index contributed by atoms with van der Waals surface area (Å²) in [5.74, 6) is 1.73. The van der Waals surface area contributed by atoms with Crippen LogP contribution in [0.25, 0.3) is 17.0 Å². The zero-order valence-electron chi connectivity index (χ0n) is 18.3. The van der Waals surface area contributed by atoms with Crippen LogP contribution in [0.1, 0.15) is 42.9 Å². The SMILES string of the molecule is CCCCc1c(C)c(C#N)c2nc(-c3ccncc3)nn2c1N1CC[C@H](N(C)C)C1. The fraction of sp³-hybridized carbons (Fsp3) is 0.478. The number of hydrogen-bond acceptors (Lipinski definition) is 6. The summed E-state index contributed by atoms with van der Waals surface area (Å²) in [6.45, 7) is 6.20. The average molecular weight is 404 g/mol. The van der Waals surface area contributed by atoms with Crippen molar-refractivity contribution in [2.75, 3.05) is 32.1 Å². The molecule has 4 rings (SSSR count). The molecule has 4 heterocycles. The van der Waals surface area contributed by atoms with E-state index in [2.05, 4.69) is 48.8 Å². The van der Waals surface area contributed by atoms with Gasteiger partial charge < -0.3 is 9.80 Å². The van der Waals surface area contributed by atoms with E-state index in [9.17, 15) is 5.26 Å². The summed E-state index contributed by atoms with van der Waals surface area (Å²) in [5.41, 5.74) is 4.44. The number of hydrogen-bond donors (Lipinski definition) is 0. The van der Waals surface area contributed by atoms with Crippen LogP contribution in [0.15, 0.2) is 24.5 Å². The molecule has 7 heteroatoms. The van der Waals surface area contributed by atoms with Crippen LogP contribution < -0.4 is 4.90 Å². The number of anilines is 1. The molecular formula is C23H29N7. The fourth-order valence-electron chi connectivity index (χ4n) is 4.33. The van der Waals surface area contributed by atoms with Crippen molar-refractivity contribution in [3.05, 3.63) is 41.2 Å². The first-order valence-corrected chi connectivity index (χ1v) is 10.7. The first-order chi connectivity index (χ1) is 14.5. The summed E-state index contributed by atoms with van der Waals surface area (Å²) in [6, 6.07) is 6.73. The van der Waals surface area contributed by atoms with Gasteiger partial charge in [0.2, 0.25) is 0 Å². The van der Waals surface area contributed by atoms with Crippen LogP contribution in [0, 0.1) is 18.3 Å². The second-order valence-electron chi connectivity index (χ2n) is 8.28. The van der Waals surface area contributed by atoms with Crippen molar-refractivity contribution in [2.45, 2.75) is 45.6 Å². The molecule has 0 N–H and O–H groups in total. The number of aromatic nitrogens is 4. The smallest absolute Gasteiger partial charge is 0.182 e. The van der Waals surface area contributed by atoms with E-state index < -0.39 is 0 Å². The van der Waals surface area contributed by atoms with Crippen molar-refractivity contribution in [1.82, 2.24) is 24.5 Å². The number of nitriles is 1. The lowest BCUT2D eigenvalue weighted by Gasteiger charge is -2.26. The number of likely N-dealkylation sites (N-methyl/N-ethyl adjacent to an activating group) is 1. The Morgan fingerprint density at radius 1 is 1.27 bits per heavy atom. The molecule has 0 saturated carbocycles. The van der Waals surface area contributed by atoms with E-state index in [0.29, 0.717) is 23.1 Å². The fourth-order valence-corrected chi connectivity index (χ4v) is 4.33. The van der Waals surface area contributed by atoms with E-state index in [0.717, 1.165) is 55.7 Å². The molecule has 3 aromatic rings. The van der Waals surface area contributed by atoms with Crippen LogP contribution in [-0.2, 0) is 6.42 Å². The van der Waals surface area contributed by atoms with Gasteiger partial charge in [0.1, 0.15) is 17.5 Å². The Hall–Kier alpha value is -2.98. The van der Waals surface area contributed by atoms with E-state index in [1.54, 1.807) is 12.4 Å². The lowest BCUT2D eigenvalue weighted by atomic mass is 9.99. The van der Waals surface area contributed by atoms with Gasteiger partial charge in [-0.1, -0.05) is 13.3 Å². The Bertz CT molecular complexity index is 1080. The molecule has 30 heavy (non-hydrogen) atoms. The number of nitrogens with zero attached hydrogens (tertiary/aromatic N) is 7. The molecule has 0 amide bonds. The summed E-state index contributed by atoms with van der Waals surface area (Å²) in [5, 5.41) is 14.8. The minimum absolute atomic E-state index is 0.512. The molecule has 1 saturated heterocycles. The van der Waals surface area contributed by atoms with Gasteiger partial charge in [-0.25, -0.2) is 4.98 Å². The van der Waals surface area contributed by atoms with Crippen molar-refractivity contribution < 1.29 is 0 Å². The van der Waals surface area contributed by atoms with E-state index in [1.807, 2.05) is 16.6 Å². The Labute approximate surface area is 178 Å². The summed E-state index contributed by atoms with van der Waals surface area (Å²) in [7, 11) is 4.28. The first-order valence-electron chi connectivity index (χ1n) is 10.7. The number of rotatable bonds is 6. The molecule has 0 bridgehead atoms. The molecule has 0 spiro atoms. The van der Waals surface area contributed by atoms with Crippen LogP contribution in [0.4, 0.5) is 5.82 Å². The van der Waals surface area contributed by atoms with Crippen molar-refractivity contribution >= 4 is 11.5 Å². The average Bonchev–Trinajstić information content (AvgIpc) is 3.40. The molecule has 0 radical (unpaired) electrons. The third-order valence-corrected chi connectivity index (χ3v) is 6.15. The molecule has 1 fully saturated rings. The first kappa shape index (κ1) is 20.3. The monoisotopic (exact) mass is 403 g/mol.